The van der Waals surface area contributed by atoms with Gasteiger partial charge in [0.1, 0.15) is 5.60 Å². The fourth-order valence-electron chi connectivity index (χ4n) is 2.13. The lowest BCUT2D eigenvalue weighted by molar-refractivity contribution is -0.187. The van der Waals surface area contributed by atoms with E-state index in [2.05, 4.69) is 0 Å². The second kappa shape index (κ2) is 6.11. The van der Waals surface area contributed by atoms with Crippen molar-refractivity contribution in [3.63, 3.8) is 0 Å². The molecule has 1 unspecified atom stereocenters. The minimum Gasteiger partial charge on any atom is -0.444 e. The normalized spacial score (nSPS) is 20.4. The highest BCUT2D eigenvalue weighted by molar-refractivity contribution is 5.82. The summed E-state index contributed by atoms with van der Waals surface area (Å²) < 4.78 is 42.6. The van der Waals surface area contributed by atoms with Crippen LogP contribution in [0, 0.1) is 0 Å². The average molecular weight is 310 g/mol. The molecule has 1 aliphatic heterocycles. The fraction of sp³-hybridized carbons (Fsp3) is 0.846. The number of carbonyl (C=O) groups excluding carboxylic acids is 2. The standard InChI is InChI=1S/C13H21F3N2O3/c1-5-9-8-17(10(19)13(14,15)16)6-7-18(9)11(20)21-12(2,3)4/h9H,5-8H2,1-4H3. The number of hydrogen-bond acceptors (Lipinski definition) is 3. The lowest BCUT2D eigenvalue weighted by atomic mass is 10.1. The van der Waals surface area contributed by atoms with Gasteiger partial charge >= 0.3 is 18.2 Å². The summed E-state index contributed by atoms with van der Waals surface area (Å²) in [4.78, 5) is 25.4. The van der Waals surface area contributed by atoms with Gasteiger partial charge in [-0.15, -0.1) is 0 Å². The van der Waals surface area contributed by atoms with Crippen molar-refractivity contribution in [2.45, 2.75) is 51.9 Å². The Morgan fingerprint density at radius 2 is 1.76 bits per heavy atom. The molecule has 0 N–H and O–H groups in total. The molecule has 0 radical (unpaired) electrons. The molecule has 0 spiro atoms. The molecule has 1 saturated heterocycles. The van der Waals surface area contributed by atoms with Gasteiger partial charge in [-0.1, -0.05) is 6.92 Å². The van der Waals surface area contributed by atoms with Gasteiger partial charge in [-0.05, 0) is 27.2 Å². The fourth-order valence-corrected chi connectivity index (χ4v) is 2.13. The van der Waals surface area contributed by atoms with Gasteiger partial charge in [0.2, 0.25) is 0 Å². The van der Waals surface area contributed by atoms with E-state index < -0.39 is 29.8 Å². The first-order chi connectivity index (χ1) is 9.45. The number of piperazine rings is 1. The van der Waals surface area contributed by atoms with Gasteiger partial charge in [-0.25, -0.2) is 4.79 Å². The molecule has 1 fully saturated rings. The van der Waals surface area contributed by atoms with Gasteiger partial charge in [0.15, 0.2) is 0 Å². The predicted octanol–water partition coefficient (Wildman–Crippen LogP) is 2.41. The molecule has 2 amide bonds. The number of rotatable bonds is 1. The van der Waals surface area contributed by atoms with Crippen LogP contribution in [0.5, 0.6) is 0 Å². The number of alkyl halides is 3. The van der Waals surface area contributed by atoms with Gasteiger partial charge in [0, 0.05) is 19.6 Å². The van der Waals surface area contributed by atoms with Crippen LogP contribution in [0.1, 0.15) is 34.1 Å². The third-order valence-corrected chi connectivity index (χ3v) is 3.11. The van der Waals surface area contributed by atoms with E-state index in [9.17, 15) is 22.8 Å². The van der Waals surface area contributed by atoms with Crippen LogP contribution in [0.3, 0.4) is 0 Å². The first-order valence-corrected chi connectivity index (χ1v) is 6.81. The van der Waals surface area contributed by atoms with Crippen molar-refractivity contribution in [2.24, 2.45) is 0 Å². The van der Waals surface area contributed by atoms with Gasteiger partial charge in [0.25, 0.3) is 0 Å². The number of hydrogen-bond donors (Lipinski definition) is 0. The molecule has 1 rings (SSSR count). The van der Waals surface area contributed by atoms with Crippen LogP contribution in [-0.2, 0) is 9.53 Å². The molecule has 0 bridgehead atoms. The smallest absolute Gasteiger partial charge is 0.444 e. The summed E-state index contributed by atoms with van der Waals surface area (Å²) in [7, 11) is 0. The molecule has 5 nitrogen and oxygen atoms in total. The third kappa shape index (κ3) is 4.78. The maximum Gasteiger partial charge on any atom is 0.471 e. The topological polar surface area (TPSA) is 49.9 Å². The molecule has 0 aliphatic carbocycles. The van der Waals surface area contributed by atoms with Crippen molar-refractivity contribution in [2.75, 3.05) is 19.6 Å². The zero-order chi connectivity index (χ0) is 16.4. The quantitative estimate of drug-likeness (QED) is 0.747. The van der Waals surface area contributed by atoms with Crippen molar-refractivity contribution in [3.8, 4) is 0 Å². The van der Waals surface area contributed by atoms with Crippen LogP contribution in [0.2, 0.25) is 0 Å². The SMILES string of the molecule is CCC1CN(C(=O)C(F)(F)F)CCN1C(=O)OC(C)(C)C. The largest absolute Gasteiger partial charge is 0.471 e. The highest BCUT2D eigenvalue weighted by Gasteiger charge is 2.45. The molecule has 1 aliphatic rings. The summed E-state index contributed by atoms with van der Waals surface area (Å²) in [5, 5.41) is 0. The second-order valence-corrected chi connectivity index (χ2v) is 5.98. The Morgan fingerprint density at radius 3 is 2.19 bits per heavy atom. The zero-order valence-corrected chi connectivity index (χ0v) is 12.7. The number of halogens is 3. The molecule has 0 saturated carbocycles. The summed E-state index contributed by atoms with van der Waals surface area (Å²) in [6.07, 6.45) is -5.00. The average Bonchev–Trinajstić information content (AvgIpc) is 2.33. The van der Waals surface area contributed by atoms with Crippen LogP contribution in [0.4, 0.5) is 18.0 Å². The minimum absolute atomic E-state index is 0.0369. The highest BCUT2D eigenvalue weighted by atomic mass is 19.4. The van der Waals surface area contributed by atoms with Crippen molar-refractivity contribution < 1.29 is 27.5 Å². The lowest BCUT2D eigenvalue weighted by Gasteiger charge is -2.41. The van der Waals surface area contributed by atoms with Crippen LogP contribution in [-0.4, -0.2) is 59.3 Å². The third-order valence-electron chi connectivity index (χ3n) is 3.11. The summed E-state index contributed by atoms with van der Waals surface area (Å²) in [6.45, 7) is 6.67. The molecular weight excluding hydrogens is 289 g/mol. The second-order valence-electron chi connectivity index (χ2n) is 5.98. The summed E-state index contributed by atoms with van der Waals surface area (Å²) in [5.41, 5.74) is -0.672. The Kier molecular flexibility index (Phi) is 5.11. The molecule has 21 heavy (non-hydrogen) atoms. The van der Waals surface area contributed by atoms with E-state index >= 15 is 0 Å². The van der Waals surface area contributed by atoms with E-state index in [0.717, 1.165) is 4.90 Å². The maximum absolute atomic E-state index is 12.4. The Labute approximate surface area is 122 Å². The number of carbonyl (C=O) groups is 2. The van der Waals surface area contributed by atoms with Gasteiger partial charge in [-0.3, -0.25) is 4.79 Å². The van der Waals surface area contributed by atoms with Crippen LogP contribution >= 0.6 is 0 Å². The van der Waals surface area contributed by atoms with Gasteiger partial charge < -0.3 is 14.5 Å². The molecular formula is C13H21F3N2O3. The van der Waals surface area contributed by atoms with Crippen LogP contribution in [0.25, 0.3) is 0 Å². The molecule has 122 valence electrons. The summed E-state index contributed by atoms with van der Waals surface area (Å²) >= 11 is 0. The van der Waals surface area contributed by atoms with E-state index in [1.54, 1.807) is 27.7 Å². The molecule has 1 heterocycles. The maximum atomic E-state index is 12.4. The van der Waals surface area contributed by atoms with Crippen molar-refractivity contribution in [1.29, 1.82) is 0 Å². The zero-order valence-electron chi connectivity index (χ0n) is 12.7. The molecule has 0 aromatic heterocycles. The molecule has 1 atom stereocenters. The first-order valence-electron chi connectivity index (χ1n) is 6.81. The van der Waals surface area contributed by atoms with Crippen molar-refractivity contribution in [3.05, 3.63) is 0 Å². The lowest BCUT2D eigenvalue weighted by Crippen LogP contribution is -2.59. The molecule has 8 heteroatoms. The van der Waals surface area contributed by atoms with Crippen LogP contribution < -0.4 is 0 Å². The first kappa shape index (κ1) is 17.6. The number of nitrogens with zero attached hydrogens (tertiary/aromatic N) is 2. The minimum atomic E-state index is -4.88. The summed E-state index contributed by atoms with van der Waals surface area (Å²) in [6, 6.07) is -0.472. The van der Waals surface area contributed by atoms with Crippen molar-refractivity contribution in [1.82, 2.24) is 9.80 Å². The Bertz CT molecular complexity index is 404. The van der Waals surface area contributed by atoms with E-state index in [1.165, 1.54) is 4.90 Å². The van der Waals surface area contributed by atoms with E-state index in [0.29, 0.717) is 6.42 Å². The number of amides is 2. The van der Waals surface area contributed by atoms with E-state index in [4.69, 9.17) is 4.74 Å². The number of ether oxygens (including phenoxy) is 1. The monoisotopic (exact) mass is 310 g/mol. The highest BCUT2D eigenvalue weighted by Crippen LogP contribution is 2.23. The Balaban J connectivity index is 2.74. The van der Waals surface area contributed by atoms with Gasteiger partial charge in [-0.2, -0.15) is 13.2 Å². The van der Waals surface area contributed by atoms with Gasteiger partial charge in [0.05, 0.1) is 6.04 Å². The molecule has 0 aromatic carbocycles. The van der Waals surface area contributed by atoms with Crippen LogP contribution in [0.15, 0.2) is 0 Å². The Hall–Kier alpha value is -1.47. The molecule has 0 aromatic rings. The Morgan fingerprint density at radius 1 is 1.19 bits per heavy atom. The predicted molar refractivity (Wildman–Crippen MR) is 69.7 cm³/mol. The van der Waals surface area contributed by atoms with E-state index in [1.807, 2.05) is 0 Å². The van der Waals surface area contributed by atoms with Crippen molar-refractivity contribution >= 4 is 12.0 Å². The van der Waals surface area contributed by atoms with E-state index in [-0.39, 0.29) is 19.6 Å². The summed E-state index contributed by atoms with van der Waals surface area (Å²) in [5.74, 6) is -1.86.